The Kier molecular flexibility index (Phi) is 3.19. The van der Waals surface area contributed by atoms with Crippen LogP contribution in [0.4, 0.5) is 5.82 Å². The highest BCUT2D eigenvalue weighted by Gasteiger charge is 2.19. The van der Waals surface area contributed by atoms with Crippen molar-refractivity contribution in [1.82, 2.24) is 14.8 Å². The molecule has 0 saturated heterocycles. The van der Waals surface area contributed by atoms with Crippen LogP contribution in [0.1, 0.15) is 21.8 Å². The van der Waals surface area contributed by atoms with Crippen LogP contribution in [0.5, 0.6) is 0 Å². The maximum absolute atomic E-state index is 12.0. The lowest BCUT2D eigenvalue weighted by Crippen LogP contribution is -2.20. The first-order chi connectivity index (χ1) is 9.04. The van der Waals surface area contributed by atoms with Crippen LogP contribution in [0.25, 0.3) is 0 Å². The molecular weight excluding hydrogens is 252 g/mol. The van der Waals surface area contributed by atoms with Crippen LogP contribution in [-0.2, 0) is 7.05 Å². The Balaban J connectivity index is 2.32. The number of carbonyl (C=O) groups is 1. The van der Waals surface area contributed by atoms with Gasteiger partial charge in [0.05, 0.1) is 17.5 Å². The molecule has 0 fully saturated rings. The molecule has 0 aliphatic carbocycles. The summed E-state index contributed by atoms with van der Waals surface area (Å²) in [5.41, 5.74) is 6.26. The van der Waals surface area contributed by atoms with Crippen molar-refractivity contribution >= 4 is 17.6 Å². The Labute approximate surface area is 107 Å². The number of nitrogens with one attached hydrogen (secondary N) is 1. The summed E-state index contributed by atoms with van der Waals surface area (Å²) in [4.78, 5) is 15.8. The summed E-state index contributed by atoms with van der Waals surface area (Å²) in [6.07, 6.45) is 2.55. The van der Waals surface area contributed by atoms with Crippen molar-refractivity contribution in [2.45, 2.75) is 6.92 Å². The van der Waals surface area contributed by atoms with Crippen molar-refractivity contribution in [3.8, 4) is 0 Å². The number of hydrogen-bond donors (Lipinski definition) is 3. The van der Waals surface area contributed by atoms with Gasteiger partial charge in [-0.15, -0.1) is 0 Å². The van der Waals surface area contributed by atoms with Crippen LogP contribution in [0.15, 0.2) is 22.2 Å². The number of hydrogen-bond acceptors (Lipinski definition) is 6. The number of oxazole rings is 1. The molecule has 0 spiro atoms. The second-order valence-electron chi connectivity index (χ2n) is 3.74. The monoisotopic (exact) mass is 264 g/mol. The number of carbonyl (C=O) groups excluding carboxylic acids is 1. The summed E-state index contributed by atoms with van der Waals surface area (Å²) in [6.45, 7) is 1.64. The number of nitrogens with two attached hydrogens (primary N) is 1. The van der Waals surface area contributed by atoms with E-state index < -0.39 is 5.91 Å². The summed E-state index contributed by atoms with van der Waals surface area (Å²) in [5, 5.41) is 18.0. The second kappa shape index (κ2) is 4.80. The van der Waals surface area contributed by atoms with Gasteiger partial charge in [-0.05, 0) is 6.92 Å². The van der Waals surface area contributed by atoms with Gasteiger partial charge in [-0.2, -0.15) is 5.10 Å². The van der Waals surface area contributed by atoms with Gasteiger partial charge < -0.3 is 20.7 Å². The molecule has 2 heterocycles. The topological polar surface area (TPSA) is 132 Å². The van der Waals surface area contributed by atoms with Crippen LogP contribution in [0.3, 0.4) is 0 Å². The van der Waals surface area contributed by atoms with E-state index in [1.807, 2.05) is 0 Å². The number of aromatic nitrogens is 3. The van der Waals surface area contributed by atoms with E-state index in [1.165, 1.54) is 17.3 Å². The lowest BCUT2D eigenvalue weighted by Gasteiger charge is -2.06. The zero-order chi connectivity index (χ0) is 14.0. The lowest BCUT2D eigenvalue weighted by atomic mass is 10.3. The van der Waals surface area contributed by atoms with Crippen LogP contribution >= 0.6 is 0 Å². The van der Waals surface area contributed by atoms with Gasteiger partial charge in [0.15, 0.2) is 12.2 Å². The van der Waals surface area contributed by atoms with Gasteiger partial charge in [0.25, 0.3) is 5.91 Å². The minimum absolute atomic E-state index is 0.0895. The van der Waals surface area contributed by atoms with E-state index >= 15 is 0 Å². The number of anilines is 1. The van der Waals surface area contributed by atoms with E-state index in [0.29, 0.717) is 11.3 Å². The first kappa shape index (κ1) is 12.6. The van der Waals surface area contributed by atoms with Crippen molar-refractivity contribution in [3.05, 3.63) is 29.6 Å². The van der Waals surface area contributed by atoms with Gasteiger partial charge >= 0.3 is 0 Å². The molecule has 0 radical (unpaired) electrons. The smallest absolute Gasteiger partial charge is 0.294 e. The molecule has 2 rings (SSSR count). The maximum Gasteiger partial charge on any atom is 0.294 e. The highest BCUT2D eigenvalue weighted by molar-refractivity contribution is 6.08. The van der Waals surface area contributed by atoms with Gasteiger partial charge in [0.2, 0.25) is 5.76 Å². The van der Waals surface area contributed by atoms with Gasteiger partial charge in [0, 0.05) is 7.05 Å². The minimum atomic E-state index is -0.495. The molecule has 0 atom stereocenters. The van der Waals surface area contributed by atoms with Gasteiger partial charge in [-0.3, -0.25) is 9.48 Å². The number of aryl methyl sites for hydroxylation is 2. The highest BCUT2D eigenvalue weighted by Crippen LogP contribution is 2.16. The Morgan fingerprint density at radius 1 is 1.63 bits per heavy atom. The quantitative estimate of drug-likeness (QED) is 0.311. The average molecular weight is 264 g/mol. The van der Waals surface area contributed by atoms with Crippen molar-refractivity contribution in [3.63, 3.8) is 0 Å². The van der Waals surface area contributed by atoms with Crippen molar-refractivity contribution < 1.29 is 14.4 Å². The summed E-state index contributed by atoms with van der Waals surface area (Å²) in [5.74, 6) is -0.272. The van der Waals surface area contributed by atoms with Gasteiger partial charge in [0.1, 0.15) is 5.82 Å². The zero-order valence-corrected chi connectivity index (χ0v) is 10.3. The van der Waals surface area contributed by atoms with E-state index in [-0.39, 0.29) is 17.4 Å². The molecule has 9 heteroatoms. The Morgan fingerprint density at radius 2 is 2.37 bits per heavy atom. The Hall–Kier alpha value is -2.84. The average Bonchev–Trinajstić information content (AvgIpc) is 2.96. The van der Waals surface area contributed by atoms with Crippen LogP contribution in [-0.4, -0.2) is 31.7 Å². The molecule has 0 saturated carbocycles. The largest absolute Gasteiger partial charge is 0.438 e. The third kappa shape index (κ3) is 2.25. The predicted octanol–water partition coefficient (Wildman–Crippen LogP) is 0.0633. The molecule has 1 amide bonds. The SMILES string of the molecule is Cc1ncoc1C(=O)Nc1c(C(N)=NO)cnn1C. The number of amidine groups is 1. The molecule has 9 nitrogen and oxygen atoms in total. The number of amides is 1. The van der Waals surface area contributed by atoms with E-state index in [9.17, 15) is 4.79 Å². The number of oxime groups is 1. The van der Waals surface area contributed by atoms with Crippen LogP contribution in [0, 0.1) is 6.92 Å². The molecule has 2 aromatic rings. The van der Waals surface area contributed by atoms with E-state index in [2.05, 4.69) is 20.6 Å². The minimum Gasteiger partial charge on any atom is -0.438 e. The van der Waals surface area contributed by atoms with Gasteiger partial charge in [-0.25, -0.2) is 4.98 Å². The Bertz CT molecular complexity index is 641. The van der Waals surface area contributed by atoms with Crippen LogP contribution in [0.2, 0.25) is 0 Å². The highest BCUT2D eigenvalue weighted by atomic mass is 16.4. The van der Waals surface area contributed by atoms with E-state index in [4.69, 9.17) is 15.4 Å². The molecule has 0 aromatic carbocycles. The zero-order valence-electron chi connectivity index (χ0n) is 10.3. The lowest BCUT2D eigenvalue weighted by molar-refractivity contribution is 0.0995. The molecule has 100 valence electrons. The fourth-order valence-electron chi connectivity index (χ4n) is 1.51. The third-order valence-corrected chi connectivity index (χ3v) is 2.51. The summed E-state index contributed by atoms with van der Waals surface area (Å²) < 4.78 is 6.36. The van der Waals surface area contributed by atoms with Crippen molar-refractivity contribution in [2.75, 3.05) is 5.32 Å². The summed E-state index contributed by atoms with van der Waals surface area (Å²) in [7, 11) is 1.61. The third-order valence-electron chi connectivity index (χ3n) is 2.51. The standard InChI is InChI=1S/C10H12N6O3/c1-5-7(19-4-12-5)10(17)14-9-6(8(11)15-18)3-13-16(9)2/h3-4,18H,1-2H3,(H2,11,15)(H,14,17). The molecule has 0 aliphatic heterocycles. The molecule has 19 heavy (non-hydrogen) atoms. The van der Waals surface area contributed by atoms with E-state index in [0.717, 1.165) is 0 Å². The van der Waals surface area contributed by atoms with Gasteiger partial charge in [-0.1, -0.05) is 5.16 Å². The number of nitrogens with zero attached hydrogens (tertiary/aromatic N) is 4. The first-order valence-corrected chi connectivity index (χ1v) is 5.26. The van der Waals surface area contributed by atoms with Crippen LogP contribution < -0.4 is 11.1 Å². The second-order valence-corrected chi connectivity index (χ2v) is 3.74. The maximum atomic E-state index is 12.0. The Morgan fingerprint density at radius 3 is 2.95 bits per heavy atom. The molecular formula is C10H12N6O3. The predicted molar refractivity (Wildman–Crippen MR) is 64.9 cm³/mol. The first-order valence-electron chi connectivity index (χ1n) is 5.26. The fourth-order valence-corrected chi connectivity index (χ4v) is 1.51. The molecule has 4 N–H and O–H groups in total. The van der Waals surface area contributed by atoms with Crippen molar-refractivity contribution in [1.29, 1.82) is 0 Å². The van der Waals surface area contributed by atoms with Crippen molar-refractivity contribution in [2.24, 2.45) is 17.9 Å². The molecule has 0 bridgehead atoms. The number of rotatable bonds is 3. The molecule has 0 unspecified atom stereocenters. The molecule has 0 aliphatic rings. The summed E-state index contributed by atoms with van der Waals surface area (Å²) in [6, 6.07) is 0. The normalized spacial score (nSPS) is 11.6. The molecule has 2 aromatic heterocycles. The summed E-state index contributed by atoms with van der Waals surface area (Å²) >= 11 is 0. The van der Waals surface area contributed by atoms with E-state index in [1.54, 1.807) is 14.0 Å². The fraction of sp³-hybridized carbons (Fsp3) is 0.200.